The van der Waals surface area contributed by atoms with E-state index in [0.29, 0.717) is 12.2 Å². The number of amides is 1. The lowest BCUT2D eigenvalue weighted by Gasteiger charge is -2.13. The molecular formula is C16H19FN2O3. The summed E-state index contributed by atoms with van der Waals surface area (Å²) in [5, 5.41) is 16.3. The fourth-order valence-electron chi connectivity index (χ4n) is 2.25. The molecule has 1 aromatic heterocycles. The molecule has 0 aliphatic heterocycles. The van der Waals surface area contributed by atoms with Gasteiger partial charge in [0.15, 0.2) is 0 Å². The van der Waals surface area contributed by atoms with Crippen LogP contribution in [-0.2, 0) is 11.2 Å². The highest BCUT2D eigenvalue weighted by molar-refractivity contribution is 5.76. The van der Waals surface area contributed by atoms with E-state index in [4.69, 9.17) is 4.52 Å². The molecule has 1 amide bonds. The number of hydrogen-bond donors (Lipinski definition) is 2. The second-order valence-corrected chi connectivity index (χ2v) is 5.14. The number of aromatic nitrogens is 1. The molecule has 0 fully saturated rings. The van der Waals surface area contributed by atoms with E-state index in [9.17, 15) is 14.3 Å². The average molecular weight is 306 g/mol. The molecule has 0 radical (unpaired) electrons. The molecule has 5 nitrogen and oxygen atoms in total. The van der Waals surface area contributed by atoms with Crippen LogP contribution in [0.25, 0.3) is 0 Å². The normalized spacial score (nSPS) is 12.2. The van der Waals surface area contributed by atoms with Crippen molar-refractivity contribution in [1.82, 2.24) is 10.5 Å². The first-order chi connectivity index (χ1) is 10.5. The molecule has 2 rings (SSSR count). The third-order valence-corrected chi connectivity index (χ3v) is 3.54. The molecule has 6 heteroatoms. The molecule has 2 aromatic rings. The van der Waals surface area contributed by atoms with Crippen LogP contribution in [0.4, 0.5) is 4.39 Å². The first-order valence-electron chi connectivity index (χ1n) is 7.10. The Bertz CT molecular complexity index is 635. The molecule has 0 bridgehead atoms. The monoisotopic (exact) mass is 306 g/mol. The number of carbonyl (C=O) groups is 1. The number of hydrogen-bond acceptors (Lipinski definition) is 4. The zero-order chi connectivity index (χ0) is 16.1. The maximum absolute atomic E-state index is 13.5. The van der Waals surface area contributed by atoms with Crippen LogP contribution >= 0.6 is 0 Å². The van der Waals surface area contributed by atoms with E-state index in [2.05, 4.69) is 10.5 Å². The Balaban J connectivity index is 1.82. The van der Waals surface area contributed by atoms with Crippen LogP contribution in [0.3, 0.4) is 0 Å². The summed E-state index contributed by atoms with van der Waals surface area (Å²) in [6, 6.07) is 5.96. The molecule has 1 aromatic carbocycles. The number of aliphatic hydroxyl groups is 1. The molecule has 0 aliphatic carbocycles. The van der Waals surface area contributed by atoms with E-state index in [1.807, 2.05) is 6.92 Å². The Morgan fingerprint density at radius 2 is 2.14 bits per heavy atom. The van der Waals surface area contributed by atoms with Gasteiger partial charge >= 0.3 is 0 Å². The van der Waals surface area contributed by atoms with Crippen LogP contribution in [0, 0.1) is 19.7 Å². The fourth-order valence-corrected chi connectivity index (χ4v) is 2.25. The van der Waals surface area contributed by atoms with Gasteiger partial charge in [-0.3, -0.25) is 4.79 Å². The summed E-state index contributed by atoms with van der Waals surface area (Å²) in [7, 11) is 0. The summed E-state index contributed by atoms with van der Waals surface area (Å²) in [5.74, 6) is 0.00653. The third kappa shape index (κ3) is 3.92. The summed E-state index contributed by atoms with van der Waals surface area (Å²) < 4.78 is 18.5. The second kappa shape index (κ2) is 7.17. The van der Waals surface area contributed by atoms with Crippen molar-refractivity contribution in [3.05, 3.63) is 52.7 Å². The van der Waals surface area contributed by atoms with Gasteiger partial charge in [0.05, 0.1) is 11.8 Å². The van der Waals surface area contributed by atoms with Gasteiger partial charge in [0.2, 0.25) is 5.91 Å². The SMILES string of the molecule is Cc1noc(C)c1CCC(=O)NCC(O)c1ccccc1F. The highest BCUT2D eigenvalue weighted by Gasteiger charge is 2.14. The predicted molar refractivity (Wildman–Crippen MR) is 78.7 cm³/mol. The smallest absolute Gasteiger partial charge is 0.220 e. The Morgan fingerprint density at radius 1 is 1.41 bits per heavy atom. The van der Waals surface area contributed by atoms with Crippen molar-refractivity contribution in [2.24, 2.45) is 0 Å². The van der Waals surface area contributed by atoms with Crippen molar-refractivity contribution in [1.29, 1.82) is 0 Å². The van der Waals surface area contributed by atoms with Crippen molar-refractivity contribution in [3.63, 3.8) is 0 Å². The molecule has 2 N–H and O–H groups in total. The fraction of sp³-hybridized carbons (Fsp3) is 0.375. The van der Waals surface area contributed by atoms with Gasteiger partial charge in [-0.2, -0.15) is 0 Å². The number of rotatable bonds is 6. The maximum atomic E-state index is 13.5. The minimum atomic E-state index is -1.07. The number of nitrogens with one attached hydrogen (secondary N) is 1. The van der Waals surface area contributed by atoms with Gasteiger partial charge in [-0.1, -0.05) is 23.4 Å². The zero-order valence-corrected chi connectivity index (χ0v) is 12.6. The highest BCUT2D eigenvalue weighted by atomic mass is 19.1. The van der Waals surface area contributed by atoms with Crippen LogP contribution in [0.5, 0.6) is 0 Å². The van der Waals surface area contributed by atoms with E-state index in [0.717, 1.165) is 11.3 Å². The summed E-state index contributed by atoms with van der Waals surface area (Å²) in [6.45, 7) is 3.60. The molecule has 0 saturated heterocycles. The summed E-state index contributed by atoms with van der Waals surface area (Å²) in [5.41, 5.74) is 1.87. The van der Waals surface area contributed by atoms with Crippen LogP contribution in [0.1, 0.15) is 35.1 Å². The van der Waals surface area contributed by atoms with Crippen molar-refractivity contribution >= 4 is 5.91 Å². The minimum absolute atomic E-state index is 0.0264. The highest BCUT2D eigenvalue weighted by Crippen LogP contribution is 2.16. The standard InChI is InChI=1S/C16H19FN2O3/c1-10-12(11(2)22-19-10)7-8-16(21)18-9-15(20)13-5-3-4-6-14(13)17/h3-6,15,20H,7-9H2,1-2H3,(H,18,21). The predicted octanol–water partition coefficient (Wildman–Crippen LogP) is 2.21. The van der Waals surface area contributed by atoms with E-state index in [-0.39, 0.29) is 24.4 Å². The largest absolute Gasteiger partial charge is 0.386 e. The van der Waals surface area contributed by atoms with Gasteiger partial charge in [-0.25, -0.2) is 4.39 Å². The quantitative estimate of drug-likeness (QED) is 0.858. The number of carbonyl (C=O) groups excluding carboxylic acids is 1. The number of aliphatic hydroxyl groups excluding tert-OH is 1. The molecule has 118 valence electrons. The van der Waals surface area contributed by atoms with Gasteiger partial charge in [-0.05, 0) is 26.3 Å². The van der Waals surface area contributed by atoms with Gasteiger partial charge in [-0.15, -0.1) is 0 Å². The average Bonchev–Trinajstić information content (AvgIpc) is 2.82. The second-order valence-electron chi connectivity index (χ2n) is 5.14. The topological polar surface area (TPSA) is 75.4 Å². The van der Waals surface area contributed by atoms with E-state index in [1.165, 1.54) is 12.1 Å². The minimum Gasteiger partial charge on any atom is -0.386 e. The van der Waals surface area contributed by atoms with E-state index in [1.54, 1.807) is 19.1 Å². The molecule has 0 spiro atoms. The molecule has 1 atom stereocenters. The lowest BCUT2D eigenvalue weighted by atomic mass is 10.1. The number of aryl methyl sites for hydroxylation is 2. The van der Waals surface area contributed by atoms with Crippen molar-refractivity contribution in [3.8, 4) is 0 Å². The Hall–Kier alpha value is -2.21. The lowest BCUT2D eigenvalue weighted by Crippen LogP contribution is -2.28. The third-order valence-electron chi connectivity index (χ3n) is 3.54. The molecule has 22 heavy (non-hydrogen) atoms. The van der Waals surface area contributed by atoms with Crippen molar-refractivity contribution in [2.75, 3.05) is 6.54 Å². The van der Waals surface area contributed by atoms with E-state index >= 15 is 0 Å². The van der Waals surface area contributed by atoms with Crippen LogP contribution < -0.4 is 5.32 Å². The Labute approximate surface area is 128 Å². The van der Waals surface area contributed by atoms with E-state index < -0.39 is 11.9 Å². The molecule has 1 heterocycles. The lowest BCUT2D eigenvalue weighted by molar-refractivity contribution is -0.121. The van der Waals surface area contributed by atoms with Gasteiger partial charge in [0, 0.05) is 24.1 Å². The first kappa shape index (κ1) is 16.2. The Kier molecular flexibility index (Phi) is 5.27. The molecule has 0 saturated carbocycles. The van der Waals surface area contributed by atoms with Crippen LogP contribution in [-0.4, -0.2) is 22.7 Å². The molecule has 0 aliphatic rings. The number of nitrogens with zero attached hydrogens (tertiary/aromatic N) is 1. The Morgan fingerprint density at radius 3 is 2.77 bits per heavy atom. The van der Waals surface area contributed by atoms with Gasteiger partial charge in [0.25, 0.3) is 0 Å². The van der Waals surface area contributed by atoms with Crippen molar-refractivity contribution in [2.45, 2.75) is 32.8 Å². The zero-order valence-electron chi connectivity index (χ0n) is 12.6. The van der Waals surface area contributed by atoms with Crippen LogP contribution in [0.2, 0.25) is 0 Å². The maximum Gasteiger partial charge on any atom is 0.220 e. The summed E-state index contributed by atoms with van der Waals surface area (Å²) in [4.78, 5) is 11.8. The van der Waals surface area contributed by atoms with Crippen LogP contribution in [0.15, 0.2) is 28.8 Å². The summed E-state index contributed by atoms with van der Waals surface area (Å²) in [6.07, 6.45) is -0.292. The molecular weight excluding hydrogens is 287 g/mol. The molecule has 1 unspecified atom stereocenters. The van der Waals surface area contributed by atoms with Crippen molar-refractivity contribution < 1.29 is 18.8 Å². The number of benzene rings is 1. The number of halogens is 1. The summed E-state index contributed by atoms with van der Waals surface area (Å²) >= 11 is 0. The van der Waals surface area contributed by atoms with Gasteiger partial charge in [0.1, 0.15) is 11.6 Å². The van der Waals surface area contributed by atoms with Gasteiger partial charge < -0.3 is 14.9 Å². The first-order valence-corrected chi connectivity index (χ1v) is 7.10.